The first-order valence-corrected chi connectivity index (χ1v) is 9.80. The van der Waals surface area contributed by atoms with Crippen molar-refractivity contribution in [3.05, 3.63) is 59.4 Å². The standard InChI is InChI=1S/C22H20FN3O5S/c1-25-20(28)16(21(29)26(2)22(25)32)11-13-5-4-6-17(30-3)19(13)31-12-18(27)24-15-9-7-14(23)8-10-15/h4-11H,12H2,1-3H3,(H,24,27). The van der Waals surface area contributed by atoms with Crippen LogP contribution in [-0.4, -0.2) is 60.4 Å². The molecule has 0 spiro atoms. The van der Waals surface area contributed by atoms with E-state index in [9.17, 15) is 18.8 Å². The zero-order chi connectivity index (χ0) is 23.4. The smallest absolute Gasteiger partial charge is 0.265 e. The summed E-state index contributed by atoms with van der Waals surface area (Å²) in [5.74, 6) is -1.54. The van der Waals surface area contributed by atoms with E-state index < -0.39 is 23.5 Å². The van der Waals surface area contributed by atoms with Crippen molar-refractivity contribution in [2.24, 2.45) is 0 Å². The number of anilines is 1. The fourth-order valence-electron chi connectivity index (χ4n) is 2.96. The Morgan fingerprint density at radius 3 is 2.31 bits per heavy atom. The molecule has 10 heteroatoms. The summed E-state index contributed by atoms with van der Waals surface area (Å²) in [6, 6.07) is 10.2. The number of hydrogen-bond donors (Lipinski definition) is 1. The second-order valence-corrected chi connectivity index (χ2v) is 7.16. The molecule has 166 valence electrons. The molecule has 1 heterocycles. The highest BCUT2D eigenvalue weighted by molar-refractivity contribution is 7.80. The van der Waals surface area contributed by atoms with Crippen molar-refractivity contribution in [3.63, 3.8) is 0 Å². The Hall–Kier alpha value is -3.79. The lowest BCUT2D eigenvalue weighted by molar-refractivity contribution is -0.132. The first kappa shape index (κ1) is 22.9. The lowest BCUT2D eigenvalue weighted by Crippen LogP contribution is -2.52. The third-order valence-corrected chi connectivity index (χ3v) is 5.20. The van der Waals surface area contributed by atoms with E-state index in [2.05, 4.69) is 5.32 Å². The number of carbonyl (C=O) groups is 3. The highest BCUT2D eigenvalue weighted by Crippen LogP contribution is 2.33. The van der Waals surface area contributed by atoms with Crippen molar-refractivity contribution >= 4 is 46.8 Å². The molecule has 1 fully saturated rings. The number of hydrogen-bond acceptors (Lipinski definition) is 6. The van der Waals surface area contributed by atoms with Crippen molar-refractivity contribution in [1.82, 2.24) is 9.80 Å². The van der Waals surface area contributed by atoms with Gasteiger partial charge in [-0.25, -0.2) is 4.39 Å². The van der Waals surface area contributed by atoms with E-state index in [-0.39, 0.29) is 23.0 Å². The molecular weight excluding hydrogens is 437 g/mol. The minimum atomic E-state index is -0.555. The summed E-state index contributed by atoms with van der Waals surface area (Å²) in [5, 5.41) is 2.68. The number of carbonyl (C=O) groups excluding carboxylic acids is 3. The molecule has 0 atom stereocenters. The number of nitrogens with zero attached hydrogens (tertiary/aromatic N) is 2. The Bertz CT molecular complexity index is 1090. The van der Waals surface area contributed by atoms with Crippen LogP contribution in [0.5, 0.6) is 11.5 Å². The molecule has 2 aromatic carbocycles. The molecular formula is C22H20FN3O5S. The van der Waals surface area contributed by atoms with Crippen LogP contribution in [0.15, 0.2) is 48.0 Å². The van der Waals surface area contributed by atoms with E-state index in [0.29, 0.717) is 17.0 Å². The van der Waals surface area contributed by atoms with E-state index in [4.69, 9.17) is 21.7 Å². The van der Waals surface area contributed by atoms with Gasteiger partial charge in [-0.15, -0.1) is 0 Å². The molecule has 32 heavy (non-hydrogen) atoms. The monoisotopic (exact) mass is 457 g/mol. The predicted octanol–water partition coefficient (Wildman–Crippen LogP) is 2.45. The van der Waals surface area contributed by atoms with Gasteiger partial charge in [-0.1, -0.05) is 12.1 Å². The number of likely N-dealkylation sites (N-methyl/N-ethyl adjacent to an activating group) is 2. The number of ether oxygens (including phenoxy) is 2. The second kappa shape index (κ2) is 9.56. The van der Waals surface area contributed by atoms with E-state index in [1.165, 1.54) is 61.3 Å². The minimum Gasteiger partial charge on any atom is -0.493 e. The number of para-hydroxylation sites is 1. The van der Waals surface area contributed by atoms with E-state index in [1.807, 2.05) is 0 Å². The molecule has 1 aliphatic rings. The summed E-state index contributed by atoms with van der Waals surface area (Å²) in [6.07, 6.45) is 1.37. The number of rotatable bonds is 6. The van der Waals surface area contributed by atoms with Gasteiger partial charge in [-0.3, -0.25) is 24.2 Å². The number of amides is 3. The van der Waals surface area contributed by atoms with Crippen LogP contribution >= 0.6 is 12.2 Å². The number of thiocarbonyl (C=S) groups is 1. The van der Waals surface area contributed by atoms with Crippen LogP contribution < -0.4 is 14.8 Å². The number of nitrogens with one attached hydrogen (secondary N) is 1. The van der Waals surface area contributed by atoms with Crippen LogP contribution in [-0.2, 0) is 14.4 Å². The van der Waals surface area contributed by atoms with Gasteiger partial charge in [0.25, 0.3) is 17.7 Å². The molecule has 0 bridgehead atoms. The first-order chi connectivity index (χ1) is 15.2. The Morgan fingerprint density at radius 1 is 1.09 bits per heavy atom. The molecule has 1 saturated heterocycles. The van der Waals surface area contributed by atoms with Crippen LogP contribution in [0.3, 0.4) is 0 Å². The minimum absolute atomic E-state index is 0.0942. The van der Waals surface area contributed by atoms with E-state index in [0.717, 1.165) is 0 Å². The molecule has 8 nitrogen and oxygen atoms in total. The van der Waals surface area contributed by atoms with Crippen LogP contribution in [0.2, 0.25) is 0 Å². The van der Waals surface area contributed by atoms with E-state index in [1.54, 1.807) is 18.2 Å². The molecule has 3 amide bonds. The lowest BCUT2D eigenvalue weighted by atomic mass is 10.1. The van der Waals surface area contributed by atoms with Gasteiger partial charge in [0.15, 0.2) is 23.2 Å². The van der Waals surface area contributed by atoms with Crippen LogP contribution in [0.4, 0.5) is 10.1 Å². The number of halogens is 1. The van der Waals surface area contributed by atoms with Crippen molar-refractivity contribution < 1.29 is 28.2 Å². The lowest BCUT2D eigenvalue weighted by Gasteiger charge is -2.31. The van der Waals surface area contributed by atoms with Gasteiger partial charge >= 0.3 is 0 Å². The fraction of sp³-hybridized carbons (Fsp3) is 0.182. The largest absolute Gasteiger partial charge is 0.493 e. The van der Waals surface area contributed by atoms with Crippen molar-refractivity contribution in [3.8, 4) is 11.5 Å². The maximum atomic E-state index is 13.0. The van der Waals surface area contributed by atoms with Gasteiger partial charge in [-0.05, 0) is 48.6 Å². The third kappa shape index (κ3) is 4.75. The Balaban J connectivity index is 1.86. The first-order valence-electron chi connectivity index (χ1n) is 9.40. The van der Waals surface area contributed by atoms with Gasteiger partial charge in [0.1, 0.15) is 11.4 Å². The average Bonchev–Trinajstić information content (AvgIpc) is 2.79. The molecule has 1 N–H and O–H groups in total. The quantitative estimate of drug-likeness (QED) is 0.407. The predicted molar refractivity (Wildman–Crippen MR) is 120 cm³/mol. The van der Waals surface area contributed by atoms with Crippen LogP contribution in [0.25, 0.3) is 6.08 Å². The second-order valence-electron chi connectivity index (χ2n) is 6.79. The molecule has 3 rings (SSSR count). The number of methoxy groups -OCH3 is 1. The molecule has 0 radical (unpaired) electrons. The Kier molecular flexibility index (Phi) is 6.84. The molecule has 0 aliphatic carbocycles. The molecule has 0 saturated carbocycles. The van der Waals surface area contributed by atoms with Crippen molar-refractivity contribution in [2.75, 3.05) is 33.1 Å². The maximum Gasteiger partial charge on any atom is 0.265 e. The van der Waals surface area contributed by atoms with Gasteiger partial charge in [0.2, 0.25) is 0 Å². The van der Waals surface area contributed by atoms with Gasteiger partial charge in [0, 0.05) is 25.3 Å². The normalized spacial score (nSPS) is 13.9. The zero-order valence-electron chi connectivity index (χ0n) is 17.5. The Labute approximate surface area is 189 Å². The average molecular weight is 457 g/mol. The van der Waals surface area contributed by atoms with Crippen molar-refractivity contribution in [2.45, 2.75) is 0 Å². The SMILES string of the molecule is COc1cccc(C=C2C(=O)N(C)C(=S)N(C)C2=O)c1OCC(=O)Nc1ccc(F)cc1. The highest BCUT2D eigenvalue weighted by atomic mass is 32.1. The van der Waals surface area contributed by atoms with Gasteiger partial charge in [-0.2, -0.15) is 0 Å². The molecule has 2 aromatic rings. The van der Waals surface area contributed by atoms with Gasteiger partial charge < -0.3 is 14.8 Å². The topological polar surface area (TPSA) is 88.2 Å². The zero-order valence-corrected chi connectivity index (χ0v) is 18.4. The van der Waals surface area contributed by atoms with Gasteiger partial charge in [0.05, 0.1) is 7.11 Å². The van der Waals surface area contributed by atoms with Crippen molar-refractivity contribution in [1.29, 1.82) is 0 Å². The van der Waals surface area contributed by atoms with Crippen LogP contribution in [0.1, 0.15) is 5.56 Å². The Morgan fingerprint density at radius 2 is 1.72 bits per heavy atom. The summed E-state index contributed by atoms with van der Waals surface area (Å²) in [4.78, 5) is 39.9. The fourth-order valence-corrected chi connectivity index (χ4v) is 3.13. The third-order valence-electron chi connectivity index (χ3n) is 4.65. The summed E-state index contributed by atoms with van der Waals surface area (Å²) < 4.78 is 24.0. The highest BCUT2D eigenvalue weighted by Gasteiger charge is 2.35. The molecule has 0 unspecified atom stereocenters. The van der Waals surface area contributed by atoms with Crippen LogP contribution in [0, 0.1) is 5.82 Å². The summed E-state index contributed by atoms with van der Waals surface area (Å²) >= 11 is 5.09. The molecule has 0 aromatic heterocycles. The maximum absolute atomic E-state index is 13.0. The summed E-state index contributed by atoms with van der Waals surface area (Å²) in [5.41, 5.74) is 0.658. The molecule has 1 aliphatic heterocycles. The van der Waals surface area contributed by atoms with E-state index >= 15 is 0 Å². The summed E-state index contributed by atoms with van der Waals surface area (Å²) in [6.45, 7) is -0.389. The number of benzene rings is 2. The summed E-state index contributed by atoms with van der Waals surface area (Å²) in [7, 11) is 4.38.